The zero-order valence-corrected chi connectivity index (χ0v) is 20.0. The first-order chi connectivity index (χ1) is 15.7. The van der Waals surface area contributed by atoms with Gasteiger partial charge in [-0.1, -0.05) is 13.8 Å². The molecule has 2 atom stereocenters. The summed E-state index contributed by atoms with van der Waals surface area (Å²) < 4.78 is 11.4. The number of nitrogens with one attached hydrogen (secondary N) is 1. The number of methoxy groups -OCH3 is 2. The van der Waals surface area contributed by atoms with Crippen molar-refractivity contribution in [3.63, 3.8) is 0 Å². The molecular weight excluding hydrogens is 418 g/mol. The molecule has 3 N–H and O–H groups in total. The minimum Gasteiger partial charge on any atom is -0.508 e. The molecule has 0 radical (unpaired) electrons. The van der Waals surface area contributed by atoms with Crippen molar-refractivity contribution in [1.29, 1.82) is 0 Å². The molecule has 2 aromatic rings. The van der Waals surface area contributed by atoms with E-state index in [0.29, 0.717) is 34.6 Å². The van der Waals surface area contributed by atoms with E-state index in [0.717, 1.165) is 30.6 Å². The Morgan fingerprint density at radius 2 is 1.67 bits per heavy atom. The number of phenolic OH excluding ortho intramolecular Hbond substituents is 2. The molecule has 2 unspecified atom stereocenters. The highest BCUT2D eigenvalue weighted by Gasteiger charge is 2.47. The first-order valence-corrected chi connectivity index (χ1v) is 11.8. The Hall–Kier alpha value is -2.89. The van der Waals surface area contributed by atoms with E-state index < -0.39 is 0 Å². The minimum atomic E-state index is -0.274. The maximum absolute atomic E-state index is 13.2. The number of carbonyl (C=O) groups is 1. The van der Waals surface area contributed by atoms with Crippen LogP contribution in [0.4, 0.5) is 0 Å². The Morgan fingerprint density at radius 3 is 2.27 bits per heavy atom. The fraction of sp³-hybridized carbons (Fsp3) is 0.519. The molecule has 2 aliphatic carbocycles. The summed E-state index contributed by atoms with van der Waals surface area (Å²) >= 11 is 0. The normalized spacial score (nSPS) is 26.5. The van der Waals surface area contributed by atoms with Gasteiger partial charge < -0.3 is 25.0 Å². The molecule has 33 heavy (non-hydrogen) atoms. The first kappa shape index (κ1) is 23.3. The molecule has 2 aromatic carbocycles. The van der Waals surface area contributed by atoms with Crippen molar-refractivity contribution >= 4 is 5.91 Å². The Kier molecular flexibility index (Phi) is 6.46. The molecule has 2 saturated carbocycles. The summed E-state index contributed by atoms with van der Waals surface area (Å²) in [5.41, 5.74) is 2.10. The molecule has 2 fully saturated rings. The highest BCUT2D eigenvalue weighted by molar-refractivity contribution is 5.97. The van der Waals surface area contributed by atoms with Gasteiger partial charge in [0.1, 0.15) is 23.0 Å². The van der Waals surface area contributed by atoms with Crippen molar-refractivity contribution in [2.24, 2.45) is 17.8 Å². The number of hydrogen-bond acceptors (Lipinski definition) is 5. The van der Waals surface area contributed by atoms with E-state index >= 15 is 0 Å². The predicted octanol–water partition coefficient (Wildman–Crippen LogP) is 5.15. The van der Waals surface area contributed by atoms with Gasteiger partial charge in [0.05, 0.1) is 19.8 Å². The monoisotopic (exact) mass is 453 g/mol. The van der Waals surface area contributed by atoms with Crippen LogP contribution in [0.2, 0.25) is 0 Å². The molecule has 2 aliphatic rings. The second-order valence-electron chi connectivity index (χ2n) is 10.2. The molecule has 0 spiro atoms. The van der Waals surface area contributed by atoms with Crippen LogP contribution in [0.3, 0.4) is 0 Å². The highest BCUT2D eigenvalue weighted by atomic mass is 16.5. The van der Waals surface area contributed by atoms with Crippen LogP contribution in [-0.2, 0) is 12.0 Å². The minimum absolute atomic E-state index is 0.00185. The number of carbonyl (C=O) groups excluding carboxylic acids is 1. The second kappa shape index (κ2) is 9.16. The molecule has 0 aromatic heterocycles. The van der Waals surface area contributed by atoms with Crippen molar-refractivity contribution in [2.75, 3.05) is 14.2 Å². The van der Waals surface area contributed by atoms with Crippen molar-refractivity contribution in [3.05, 3.63) is 47.0 Å². The summed E-state index contributed by atoms with van der Waals surface area (Å²) in [6.45, 7) is 4.81. The van der Waals surface area contributed by atoms with E-state index in [1.807, 2.05) is 12.1 Å². The molecule has 0 aliphatic heterocycles. The Labute approximate surface area is 195 Å². The summed E-state index contributed by atoms with van der Waals surface area (Å²) in [4.78, 5) is 13.2. The van der Waals surface area contributed by atoms with Gasteiger partial charge in [-0.05, 0) is 73.5 Å². The van der Waals surface area contributed by atoms with Gasteiger partial charge >= 0.3 is 0 Å². The number of rotatable bonds is 6. The average Bonchev–Trinajstić information content (AvgIpc) is 2.76. The van der Waals surface area contributed by atoms with E-state index in [4.69, 9.17) is 9.47 Å². The number of ether oxygens (including phenoxy) is 2. The van der Waals surface area contributed by atoms with E-state index in [9.17, 15) is 15.0 Å². The van der Waals surface area contributed by atoms with Gasteiger partial charge in [0.25, 0.3) is 5.91 Å². The molecule has 0 heterocycles. The third-order valence-corrected chi connectivity index (χ3v) is 7.48. The molecule has 6 heteroatoms. The number of phenols is 2. The largest absolute Gasteiger partial charge is 0.508 e. The lowest BCUT2D eigenvalue weighted by Gasteiger charge is -2.50. The van der Waals surface area contributed by atoms with Crippen LogP contribution in [0.1, 0.15) is 67.4 Å². The molecule has 2 bridgehead atoms. The van der Waals surface area contributed by atoms with Gasteiger partial charge in [0, 0.05) is 29.8 Å². The van der Waals surface area contributed by atoms with Gasteiger partial charge in [-0.15, -0.1) is 0 Å². The van der Waals surface area contributed by atoms with Crippen LogP contribution in [0, 0.1) is 17.8 Å². The Bertz CT molecular complexity index is 1010. The number of benzene rings is 2. The smallest absolute Gasteiger partial charge is 0.255 e. The fourth-order valence-corrected chi connectivity index (χ4v) is 6.50. The fourth-order valence-electron chi connectivity index (χ4n) is 6.50. The Balaban J connectivity index is 1.69. The summed E-state index contributed by atoms with van der Waals surface area (Å²) in [5.74, 6) is 2.86. The molecule has 1 amide bonds. The lowest BCUT2D eigenvalue weighted by atomic mass is 9.54. The van der Waals surface area contributed by atoms with Crippen LogP contribution >= 0.6 is 0 Å². The first-order valence-electron chi connectivity index (χ1n) is 11.8. The maximum atomic E-state index is 13.2. The second-order valence-corrected chi connectivity index (χ2v) is 10.2. The Morgan fingerprint density at radius 1 is 1.00 bits per heavy atom. The summed E-state index contributed by atoms with van der Waals surface area (Å²) in [6.07, 6.45) is 5.87. The topological polar surface area (TPSA) is 88.0 Å². The summed E-state index contributed by atoms with van der Waals surface area (Å²) in [6, 6.07) is 8.14. The third kappa shape index (κ3) is 4.61. The maximum Gasteiger partial charge on any atom is 0.255 e. The van der Waals surface area contributed by atoms with E-state index in [-0.39, 0.29) is 29.4 Å². The SMILES string of the molecule is COc1cc(OC)c(C23CC(C)CC(CC(C)C2)C3)cc1C(=O)NCc1ccc(O)cc1O. The van der Waals surface area contributed by atoms with Gasteiger partial charge in [-0.3, -0.25) is 4.79 Å². The summed E-state index contributed by atoms with van der Waals surface area (Å²) in [7, 11) is 3.23. The molecular formula is C27H35NO5. The van der Waals surface area contributed by atoms with Gasteiger partial charge in [-0.2, -0.15) is 0 Å². The zero-order valence-electron chi connectivity index (χ0n) is 20.0. The zero-order chi connectivity index (χ0) is 23.8. The quantitative estimate of drug-likeness (QED) is 0.563. The number of hydrogen-bond donors (Lipinski definition) is 3. The molecule has 6 nitrogen and oxygen atoms in total. The predicted molar refractivity (Wildman–Crippen MR) is 127 cm³/mol. The van der Waals surface area contributed by atoms with Crippen molar-refractivity contribution in [3.8, 4) is 23.0 Å². The lowest BCUT2D eigenvalue weighted by Crippen LogP contribution is -2.42. The standard InChI is InChI=1S/C27H35NO5/c1-16-7-18-8-17(2)13-27(12-16,14-18)22-10-21(24(32-3)11-25(22)33-4)26(31)28-15-19-5-6-20(29)9-23(19)30/h5-6,9-11,16-18,29-30H,7-8,12-15H2,1-4H3,(H,28,31). The van der Waals surface area contributed by atoms with Crippen molar-refractivity contribution in [1.82, 2.24) is 5.32 Å². The number of fused-ring (bicyclic) bond motifs is 2. The van der Waals surface area contributed by atoms with Crippen LogP contribution in [-0.4, -0.2) is 30.3 Å². The van der Waals surface area contributed by atoms with Gasteiger partial charge in [-0.25, -0.2) is 0 Å². The van der Waals surface area contributed by atoms with Crippen LogP contribution in [0.5, 0.6) is 23.0 Å². The van der Waals surface area contributed by atoms with Gasteiger partial charge in [0.2, 0.25) is 0 Å². The molecule has 178 valence electrons. The van der Waals surface area contributed by atoms with Crippen LogP contribution in [0.15, 0.2) is 30.3 Å². The number of amides is 1. The molecule has 0 saturated heterocycles. The summed E-state index contributed by atoms with van der Waals surface area (Å²) in [5, 5.41) is 22.4. The van der Waals surface area contributed by atoms with E-state index in [1.165, 1.54) is 25.0 Å². The van der Waals surface area contributed by atoms with Crippen molar-refractivity contribution < 1.29 is 24.5 Å². The van der Waals surface area contributed by atoms with Crippen LogP contribution in [0.25, 0.3) is 0 Å². The number of aromatic hydroxyl groups is 2. The van der Waals surface area contributed by atoms with Crippen molar-refractivity contribution in [2.45, 2.75) is 57.9 Å². The average molecular weight is 454 g/mol. The van der Waals surface area contributed by atoms with Crippen LogP contribution < -0.4 is 14.8 Å². The lowest BCUT2D eigenvalue weighted by molar-refractivity contribution is 0.0760. The van der Waals surface area contributed by atoms with Gasteiger partial charge in [0.15, 0.2) is 0 Å². The molecule has 4 rings (SSSR count). The van der Waals surface area contributed by atoms with E-state index in [2.05, 4.69) is 19.2 Å². The highest BCUT2D eigenvalue weighted by Crippen LogP contribution is 2.56. The third-order valence-electron chi connectivity index (χ3n) is 7.48. The van der Waals surface area contributed by atoms with E-state index in [1.54, 1.807) is 20.3 Å².